The molecular weight excluding hydrogens is 246 g/mol. The molecule has 1 aromatic carbocycles. The molecule has 0 saturated heterocycles. The summed E-state index contributed by atoms with van der Waals surface area (Å²) < 4.78 is 0. The number of carbonyl (C=O) groups excluding carboxylic acids is 2. The highest BCUT2D eigenvalue weighted by molar-refractivity contribution is 5.96. The third-order valence-electron chi connectivity index (χ3n) is 2.69. The van der Waals surface area contributed by atoms with Crippen LogP contribution in [0.2, 0.25) is 0 Å². The molecule has 0 aromatic heterocycles. The molecule has 0 radical (unpaired) electrons. The van der Waals surface area contributed by atoms with Gasteiger partial charge in [-0.05, 0) is 31.0 Å². The van der Waals surface area contributed by atoms with Crippen molar-refractivity contribution in [3.8, 4) is 0 Å². The highest BCUT2D eigenvalue weighted by Crippen LogP contribution is 2.19. The van der Waals surface area contributed by atoms with Crippen molar-refractivity contribution in [3.63, 3.8) is 0 Å². The number of urea groups is 1. The number of hydrogen-bond donors (Lipinski definition) is 4. The fraction of sp³-hybridized carbons (Fsp3) is 0.385. The van der Waals surface area contributed by atoms with Crippen LogP contribution in [0.4, 0.5) is 10.5 Å². The number of aliphatic hydroxyl groups is 1. The molecule has 0 heterocycles. The van der Waals surface area contributed by atoms with Gasteiger partial charge in [-0.25, -0.2) is 4.79 Å². The fourth-order valence-electron chi connectivity index (χ4n) is 1.59. The first-order valence-electron chi connectivity index (χ1n) is 6.25. The number of amides is 3. The summed E-state index contributed by atoms with van der Waals surface area (Å²) in [5.41, 5.74) is 1.01. The largest absolute Gasteiger partial charge is 0.395 e. The maximum Gasteiger partial charge on any atom is 0.319 e. The van der Waals surface area contributed by atoms with Crippen molar-refractivity contribution in [3.05, 3.63) is 29.8 Å². The Morgan fingerprint density at radius 2 is 2.11 bits per heavy atom. The second-order valence-corrected chi connectivity index (χ2v) is 4.43. The Morgan fingerprint density at radius 3 is 2.79 bits per heavy atom. The lowest BCUT2D eigenvalue weighted by Gasteiger charge is -2.08. The monoisotopic (exact) mass is 263 g/mol. The first kappa shape index (κ1) is 13.4. The van der Waals surface area contributed by atoms with Crippen molar-refractivity contribution < 1.29 is 14.7 Å². The molecule has 1 aliphatic carbocycles. The maximum absolute atomic E-state index is 11.7. The zero-order valence-corrected chi connectivity index (χ0v) is 10.5. The van der Waals surface area contributed by atoms with Crippen LogP contribution < -0.4 is 16.0 Å². The Labute approximate surface area is 111 Å². The van der Waals surface area contributed by atoms with Gasteiger partial charge in [0, 0.05) is 23.8 Å². The van der Waals surface area contributed by atoms with Gasteiger partial charge in [0.15, 0.2) is 0 Å². The van der Waals surface area contributed by atoms with Crippen LogP contribution in [-0.4, -0.2) is 36.2 Å². The molecule has 0 bridgehead atoms. The van der Waals surface area contributed by atoms with Crippen molar-refractivity contribution in [1.29, 1.82) is 0 Å². The molecule has 1 aromatic rings. The summed E-state index contributed by atoms with van der Waals surface area (Å²) in [7, 11) is 0. The molecule has 6 nitrogen and oxygen atoms in total. The molecule has 6 heteroatoms. The maximum atomic E-state index is 11.7. The van der Waals surface area contributed by atoms with Crippen LogP contribution in [0.5, 0.6) is 0 Å². The number of anilines is 1. The Hall–Kier alpha value is -2.08. The average Bonchev–Trinajstić information content (AvgIpc) is 3.20. The number of benzene rings is 1. The summed E-state index contributed by atoms with van der Waals surface area (Å²) in [5, 5.41) is 16.7. The smallest absolute Gasteiger partial charge is 0.319 e. The average molecular weight is 263 g/mol. The van der Waals surface area contributed by atoms with E-state index in [1.807, 2.05) is 0 Å². The van der Waals surface area contributed by atoms with E-state index < -0.39 is 0 Å². The number of rotatable bonds is 5. The van der Waals surface area contributed by atoms with Crippen molar-refractivity contribution in [1.82, 2.24) is 10.6 Å². The molecule has 1 fully saturated rings. The van der Waals surface area contributed by atoms with E-state index >= 15 is 0 Å². The van der Waals surface area contributed by atoms with E-state index in [-0.39, 0.29) is 31.1 Å². The Bertz CT molecular complexity index is 472. The van der Waals surface area contributed by atoms with E-state index in [0.717, 1.165) is 12.8 Å². The second-order valence-electron chi connectivity index (χ2n) is 4.43. The molecule has 3 amide bonds. The molecule has 0 atom stereocenters. The number of nitrogens with one attached hydrogen (secondary N) is 3. The predicted molar refractivity (Wildman–Crippen MR) is 71.0 cm³/mol. The van der Waals surface area contributed by atoms with Gasteiger partial charge in [-0.1, -0.05) is 6.07 Å². The normalized spacial score (nSPS) is 13.7. The van der Waals surface area contributed by atoms with Crippen molar-refractivity contribution in [2.75, 3.05) is 18.5 Å². The lowest BCUT2D eigenvalue weighted by molar-refractivity contribution is 0.0945. The number of aliphatic hydroxyl groups excluding tert-OH is 1. The molecule has 0 unspecified atom stereocenters. The van der Waals surface area contributed by atoms with Crippen LogP contribution in [0, 0.1) is 0 Å². The number of hydrogen-bond acceptors (Lipinski definition) is 3. The van der Waals surface area contributed by atoms with Gasteiger partial charge in [0.25, 0.3) is 5.91 Å². The lowest BCUT2D eigenvalue weighted by Crippen LogP contribution is -2.30. The van der Waals surface area contributed by atoms with Crippen LogP contribution in [0.1, 0.15) is 23.2 Å². The van der Waals surface area contributed by atoms with Crippen LogP contribution in [0.25, 0.3) is 0 Å². The highest BCUT2D eigenvalue weighted by atomic mass is 16.3. The minimum atomic E-state index is -0.277. The van der Waals surface area contributed by atoms with E-state index in [0.29, 0.717) is 11.3 Å². The standard InChI is InChI=1S/C13H17N3O3/c17-7-6-14-12(18)9-2-1-3-11(8-9)16-13(19)15-10-4-5-10/h1-3,8,10,17H,4-7H2,(H,14,18)(H2,15,16,19). The Morgan fingerprint density at radius 1 is 1.32 bits per heavy atom. The van der Waals surface area contributed by atoms with Crippen LogP contribution in [0.15, 0.2) is 24.3 Å². The topological polar surface area (TPSA) is 90.5 Å². The first-order valence-corrected chi connectivity index (χ1v) is 6.25. The third-order valence-corrected chi connectivity index (χ3v) is 2.69. The highest BCUT2D eigenvalue weighted by Gasteiger charge is 2.23. The van der Waals surface area contributed by atoms with Crippen molar-refractivity contribution >= 4 is 17.6 Å². The summed E-state index contributed by atoms with van der Waals surface area (Å²) in [6, 6.07) is 6.69. The molecule has 19 heavy (non-hydrogen) atoms. The molecule has 4 N–H and O–H groups in total. The van der Waals surface area contributed by atoms with Gasteiger partial charge in [-0.3, -0.25) is 4.79 Å². The zero-order chi connectivity index (χ0) is 13.7. The van der Waals surface area contributed by atoms with Crippen molar-refractivity contribution in [2.24, 2.45) is 0 Å². The van der Waals surface area contributed by atoms with Crippen LogP contribution in [-0.2, 0) is 0 Å². The lowest BCUT2D eigenvalue weighted by atomic mass is 10.2. The molecule has 1 aliphatic rings. The molecule has 0 aliphatic heterocycles. The molecule has 102 valence electrons. The van der Waals surface area contributed by atoms with Gasteiger partial charge in [-0.2, -0.15) is 0 Å². The minimum absolute atomic E-state index is 0.104. The summed E-state index contributed by atoms with van der Waals surface area (Å²) >= 11 is 0. The van der Waals surface area contributed by atoms with Gasteiger partial charge in [0.05, 0.1) is 6.61 Å². The Balaban J connectivity index is 1.93. The fourth-order valence-corrected chi connectivity index (χ4v) is 1.59. The number of carbonyl (C=O) groups is 2. The minimum Gasteiger partial charge on any atom is -0.395 e. The Kier molecular flexibility index (Phi) is 4.35. The molecule has 2 rings (SSSR count). The summed E-state index contributed by atoms with van der Waals surface area (Å²) in [6.07, 6.45) is 2.05. The zero-order valence-electron chi connectivity index (χ0n) is 10.5. The summed E-state index contributed by atoms with van der Waals surface area (Å²) in [5.74, 6) is -0.277. The molecule has 0 spiro atoms. The second kappa shape index (κ2) is 6.19. The van der Waals surface area contributed by atoms with E-state index in [1.165, 1.54) is 0 Å². The summed E-state index contributed by atoms with van der Waals surface area (Å²) in [4.78, 5) is 23.2. The van der Waals surface area contributed by atoms with E-state index in [2.05, 4.69) is 16.0 Å². The molecular formula is C13H17N3O3. The third kappa shape index (κ3) is 4.26. The van der Waals surface area contributed by atoms with Crippen molar-refractivity contribution in [2.45, 2.75) is 18.9 Å². The van der Waals surface area contributed by atoms with E-state index in [4.69, 9.17) is 5.11 Å². The molecule has 1 saturated carbocycles. The van der Waals surface area contributed by atoms with E-state index in [1.54, 1.807) is 24.3 Å². The van der Waals surface area contributed by atoms with Gasteiger partial charge in [-0.15, -0.1) is 0 Å². The van der Waals surface area contributed by atoms with Gasteiger partial charge >= 0.3 is 6.03 Å². The van der Waals surface area contributed by atoms with Gasteiger partial charge in [0.2, 0.25) is 0 Å². The van der Waals surface area contributed by atoms with Gasteiger partial charge < -0.3 is 21.1 Å². The summed E-state index contributed by atoms with van der Waals surface area (Å²) in [6.45, 7) is 0.103. The first-order chi connectivity index (χ1) is 9.19. The van der Waals surface area contributed by atoms with Crippen LogP contribution in [0.3, 0.4) is 0 Å². The van der Waals surface area contributed by atoms with E-state index in [9.17, 15) is 9.59 Å². The van der Waals surface area contributed by atoms with Gasteiger partial charge in [0.1, 0.15) is 0 Å². The quantitative estimate of drug-likeness (QED) is 0.630. The van der Waals surface area contributed by atoms with Crippen LogP contribution >= 0.6 is 0 Å². The predicted octanol–water partition coefficient (Wildman–Crippen LogP) is 0.693. The SMILES string of the molecule is O=C(Nc1cccc(C(=O)NCCO)c1)NC1CC1.